The zero-order valence-electron chi connectivity index (χ0n) is 13.0. The summed E-state index contributed by atoms with van der Waals surface area (Å²) in [4.78, 5) is 28.7. The van der Waals surface area contributed by atoms with Crippen LogP contribution in [0.3, 0.4) is 0 Å². The van der Waals surface area contributed by atoms with E-state index in [1.165, 1.54) is 0 Å². The fraction of sp³-hybridized carbons (Fsp3) is 0.333. The number of carbonyl (C=O) groups is 2. The van der Waals surface area contributed by atoms with Crippen LogP contribution in [0.15, 0.2) is 36.4 Å². The van der Waals surface area contributed by atoms with E-state index in [4.69, 9.17) is 4.74 Å². The monoisotopic (exact) mass is 310 g/mol. The maximum Gasteiger partial charge on any atom is 0.259 e. The SMILES string of the molecule is CC1CN(C(=O)CN2C(=O)c3cccc4cccc2c34)CCO1. The van der Waals surface area contributed by atoms with Crippen LogP contribution in [0.4, 0.5) is 5.69 Å². The maximum absolute atomic E-state index is 12.7. The Morgan fingerprint density at radius 1 is 1.26 bits per heavy atom. The second kappa shape index (κ2) is 5.35. The van der Waals surface area contributed by atoms with Crippen LogP contribution in [0.25, 0.3) is 10.8 Å². The number of hydrogen-bond donors (Lipinski definition) is 0. The topological polar surface area (TPSA) is 49.9 Å². The molecule has 0 N–H and O–H groups in total. The van der Waals surface area contributed by atoms with Gasteiger partial charge in [0.15, 0.2) is 0 Å². The minimum atomic E-state index is -0.0912. The van der Waals surface area contributed by atoms with E-state index in [1.807, 2.05) is 43.3 Å². The molecule has 118 valence electrons. The number of rotatable bonds is 2. The Hall–Kier alpha value is -2.40. The lowest BCUT2D eigenvalue weighted by Gasteiger charge is -2.32. The van der Waals surface area contributed by atoms with Crippen LogP contribution < -0.4 is 4.90 Å². The third kappa shape index (κ3) is 2.28. The molecular formula is C18H18N2O3. The Labute approximate surface area is 134 Å². The van der Waals surface area contributed by atoms with E-state index < -0.39 is 0 Å². The summed E-state index contributed by atoms with van der Waals surface area (Å²) in [5, 5.41) is 1.98. The number of ether oxygens (including phenoxy) is 1. The second-order valence-electron chi connectivity index (χ2n) is 6.09. The minimum absolute atomic E-state index is 0.0293. The van der Waals surface area contributed by atoms with E-state index in [0.717, 1.165) is 16.5 Å². The van der Waals surface area contributed by atoms with Gasteiger partial charge < -0.3 is 9.64 Å². The van der Waals surface area contributed by atoms with Gasteiger partial charge in [-0.25, -0.2) is 0 Å². The molecular weight excluding hydrogens is 292 g/mol. The fourth-order valence-corrected chi connectivity index (χ4v) is 3.42. The first-order valence-electron chi connectivity index (χ1n) is 7.88. The number of anilines is 1. The van der Waals surface area contributed by atoms with Crippen LogP contribution in [-0.2, 0) is 9.53 Å². The van der Waals surface area contributed by atoms with Crippen molar-refractivity contribution in [1.82, 2.24) is 4.90 Å². The van der Waals surface area contributed by atoms with Gasteiger partial charge in [-0.05, 0) is 24.4 Å². The molecule has 0 aromatic heterocycles. The van der Waals surface area contributed by atoms with Gasteiger partial charge in [0, 0.05) is 24.0 Å². The predicted octanol–water partition coefficient (Wildman–Crippen LogP) is 2.05. The van der Waals surface area contributed by atoms with Crippen LogP contribution in [-0.4, -0.2) is 49.1 Å². The van der Waals surface area contributed by atoms with Crippen molar-refractivity contribution in [1.29, 1.82) is 0 Å². The Balaban J connectivity index is 1.63. The smallest absolute Gasteiger partial charge is 0.259 e. The zero-order valence-corrected chi connectivity index (χ0v) is 13.0. The average Bonchev–Trinajstić information content (AvgIpc) is 2.83. The lowest BCUT2D eigenvalue weighted by molar-refractivity contribution is -0.136. The van der Waals surface area contributed by atoms with Crippen molar-refractivity contribution in [2.75, 3.05) is 31.1 Å². The quantitative estimate of drug-likeness (QED) is 0.853. The Kier molecular flexibility index (Phi) is 3.31. The first-order valence-corrected chi connectivity index (χ1v) is 7.88. The van der Waals surface area contributed by atoms with E-state index >= 15 is 0 Å². The van der Waals surface area contributed by atoms with E-state index in [9.17, 15) is 9.59 Å². The summed E-state index contributed by atoms with van der Waals surface area (Å²) in [5.41, 5.74) is 1.51. The molecule has 1 atom stereocenters. The van der Waals surface area contributed by atoms with Crippen molar-refractivity contribution in [3.05, 3.63) is 42.0 Å². The van der Waals surface area contributed by atoms with E-state index in [0.29, 0.717) is 25.3 Å². The molecule has 2 aliphatic rings. The molecule has 0 spiro atoms. The highest BCUT2D eigenvalue weighted by atomic mass is 16.5. The highest BCUT2D eigenvalue weighted by Crippen LogP contribution is 2.37. The summed E-state index contributed by atoms with van der Waals surface area (Å²) in [5.74, 6) is -0.121. The predicted molar refractivity (Wildman–Crippen MR) is 87.6 cm³/mol. The first-order chi connectivity index (χ1) is 11.1. The molecule has 0 radical (unpaired) electrons. The second-order valence-corrected chi connectivity index (χ2v) is 6.09. The van der Waals surface area contributed by atoms with Gasteiger partial charge in [0.05, 0.1) is 18.4 Å². The molecule has 0 saturated carbocycles. The zero-order chi connectivity index (χ0) is 16.0. The van der Waals surface area contributed by atoms with Gasteiger partial charge >= 0.3 is 0 Å². The minimum Gasteiger partial charge on any atom is -0.375 e. The van der Waals surface area contributed by atoms with E-state index in [-0.39, 0.29) is 24.5 Å². The summed E-state index contributed by atoms with van der Waals surface area (Å²) in [7, 11) is 0. The van der Waals surface area contributed by atoms with Crippen molar-refractivity contribution >= 4 is 28.3 Å². The summed E-state index contributed by atoms with van der Waals surface area (Å²) in [6.07, 6.45) is 0.0441. The molecule has 5 heteroatoms. The molecule has 1 fully saturated rings. The third-order valence-corrected chi connectivity index (χ3v) is 4.54. The van der Waals surface area contributed by atoms with E-state index in [2.05, 4.69) is 0 Å². The molecule has 2 aromatic carbocycles. The number of nitrogens with zero attached hydrogens (tertiary/aromatic N) is 2. The van der Waals surface area contributed by atoms with Crippen LogP contribution in [0.5, 0.6) is 0 Å². The Morgan fingerprint density at radius 3 is 2.83 bits per heavy atom. The summed E-state index contributed by atoms with van der Waals surface area (Å²) in [6, 6.07) is 11.5. The van der Waals surface area contributed by atoms with Gasteiger partial charge in [0.1, 0.15) is 6.54 Å². The van der Waals surface area contributed by atoms with Crippen molar-refractivity contribution < 1.29 is 14.3 Å². The van der Waals surface area contributed by atoms with Gasteiger partial charge in [-0.2, -0.15) is 0 Å². The molecule has 2 aliphatic heterocycles. The van der Waals surface area contributed by atoms with Gasteiger partial charge in [-0.3, -0.25) is 14.5 Å². The van der Waals surface area contributed by atoms with Crippen LogP contribution in [0.2, 0.25) is 0 Å². The highest BCUT2D eigenvalue weighted by molar-refractivity contribution is 6.26. The molecule has 2 aromatic rings. The van der Waals surface area contributed by atoms with Crippen molar-refractivity contribution in [2.24, 2.45) is 0 Å². The molecule has 0 aliphatic carbocycles. The summed E-state index contributed by atoms with van der Waals surface area (Å²) in [6.45, 7) is 3.76. The van der Waals surface area contributed by atoms with E-state index in [1.54, 1.807) is 9.80 Å². The highest BCUT2D eigenvalue weighted by Gasteiger charge is 2.32. The van der Waals surface area contributed by atoms with Gasteiger partial charge in [0.2, 0.25) is 5.91 Å². The molecule has 1 saturated heterocycles. The molecule has 5 nitrogen and oxygen atoms in total. The number of morpholine rings is 1. The standard InChI is InChI=1S/C18H18N2O3/c1-12-10-19(8-9-23-12)16(21)11-20-15-7-3-5-13-4-2-6-14(17(13)15)18(20)22/h2-7,12H,8-11H2,1H3. The average molecular weight is 310 g/mol. The van der Waals surface area contributed by atoms with Crippen LogP contribution in [0, 0.1) is 0 Å². The Bertz CT molecular complexity index is 797. The van der Waals surface area contributed by atoms with Crippen LogP contribution >= 0.6 is 0 Å². The number of benzene rings is 2. The first kappa shape index (κ1) is 14.2. The van der Waals surface area contributed by atoms with Gasteiger partial charge in [-0.15, -0.1) is 0 Å². The lowest BCUT2D eigenvalue weighted by Crippen LogP contribution is -2.48. The van der Waals surface area contributed by atoms with Crippen molar-refractivity contribution in [3.8, 4) is 0 Å². The number of hydrogen-bond acceptors (Lipinski definition) is 3. The molecule has 0 bridgehead atoms. The lowest BCUT2D eigenvalue weighted by atomic mass is 10.1. The molecule has 1 unspecified atom stereocenters. The number of amides is 2. The molecule has 2 heterocycles. The van der Waals surface area contributed by atoms with Gasteiger partial charge in [0.25, 0.3) is 5.91 Å². The summed E-state index contributed by atoms with van der Waals surface area (Å²) < 4.78 is 5.47. The number of carbonyl (C=O) groups excluding carboxylic acids is 2. The molecule has 23 heavy (non-hydrogen) atoms. The molecule has 2 amide bonds. The Morgan fingerprint density at radius 2 is 2.04 bits per heavy atom. The third-order valence-electron chi connectivity index (χ3n) is 4.54. The molecule has 4 rings (SSSR count). The fourth-order valence-electron chi connectivity index (χ4n) is 3.42. The van der Waals surface area contributed by atoms with Crippen molar-refractivity contribution in [3.63, 3.8) is 0 Å². The normalized spacial score (nSPS) is 20.4. The maximum atomic E-state index is 12.7. The largest absolute Gasteiger partial charge is 0.375 e. The summed E-state index contributed by atoms with van der Waals surface area (Å²) >= 11 is 0. The van der Waals surface area contributed by atoms with Crippen LogP contribution in [0.1, 0.15) is 17.3 Å². The van der Waals surface area contributed by atoms with Gasteiger partial charge in [-0.1, -0.05) is 24.3 Å². The van der Waals surface area contributed by atoms with Crippen molar-refractivity contribution in [2.45, 2.75) is 13.0 Å².